The van der Waals surface area contributed by atoms with E-state index in [1.54, 1.807) is 19.0 Å². The van der Waals surface area contributed by atoms with Crippen molar-refractivity contribution in [2.75, 3.05) is 33.1 Å². The summed E-state index contributed by atoms with van der Waals surface area (Å²) < 4.78 is 14.5. The molecule has 0 aromatic heterocycles. The second kappa shape index (κ2) is 8.72. The van der Waals surface area contributed by atoms with Crippen LogP contribution in [0.2, 0.25) is 0 Å². The molecule has 3 aliphatic rings. The molecule has 1 unspecified atom stereocenters. The summed E-state index contributed by atoms with van der Waals surface area (Å²) in [6.07, 6.45) is 0.0622. The number of hydrogen-bond donors (Lipinski definition) is 5. The Morgan fingerprint density at radius 2 is 1.77 bits per heavy atom. The maximum atomic E-state index is 14.5. The van der Waals surface area contributed by atoms with Gasteiger partial charge >= 0.3 is 0 Å². The first kappa shape index (κ1) is 26.8. The van der Waals surface area contributed by atoms with Crippen molar-refractivity contribution in [1.29, 1.82) is 0 Å². The summed E-state index contributed by atoms with van der Waals surface area (Å²) in [6.45, 7) is 0. The van der Waals surface area contributed by atoms with Gasteiger partial charge in [0.05, 0.1) is 11.6 Å². The number of phenols is 1. The Kier molecular flexibility index (Phi) is 6.69. The van der Waals surface area contributed by atoms with Crippen LogP contribution in [0.1, 0.15) is 17.5 Å². The van der Waals surface area contributed by atoms with Crippen molar-refractivity contribution in [3.63, 3.8) is 0 Å². The molecule has 10 nitrogen and oxygen atoms in total. The van der Waals surface area contributed by atoms with Gasteiger partial charge < -0.3 is 31.1 Å². The van der Waals surface area contributed by atoms with Crippen LogP contribution in [0.3, 0.4) is 0 Å². The summed E-state index contributed by atoms with van der Waals surface area (Å²) in [5, 5.41) is 43.7. The average molecular weight is 659 g/mol. The number of fused-ring (bicyclic) bond motifs is 3. The molecule has 0 bridgehead atoms. The van der Waals surface area contributed by atoms with Crippen LogP contribution in [0.25, 0.3) is 5.76 Å². The Hall–Kier alpha value is -2.75. The number of anilines is 1. The number of Topliss-reactive ketones (excluding diaryl/α,β-unsaturated/α-hetero) is 2. The van der Waals surface area contributed by atoms with Crippen LogP contribution in [0.5, 0.6) is 5.75 Å². The number of aliphatic hydroxyl groups is 3. The van der Waals surface area contributed by atoms with Crippen molar-refractivity contribution in [1.82, 2.24) is 4.90 Å². The smallest absolute Gasteiger partial charge is 0.255 e. The Labute approximate surface area is 214 Å². The fourth-order valence-corrected chi connectivity index (χ4v) is 5.66. The van der Waals surface area contributed by atoms with Gasteiger partial charge in [0.15, 0.2) is 23.0 Å². The molecule has 12 heteroatoms. The maximum Gasteiger partial charge on any atom is 0.255 e. The molecule has 0 aliphatic heterocycles. The van der Waals surface area contributed by atoms with E-state index < -0.39 is 69.6 Å². The van der Waals surface area contributed by atoms with Crippen LogP contribution in [-0.2, 0) is 41.9 Å². The number of primary amides is 1. The summed E-state index contributed by atoms with van der Waals surface area (Å²) >= 11 is 0. The first-order valence-electron chi connectivity index (χ1n) is 10.6. The van der Waals surface area contributed by atoms with E-state index in [-0.39, 0.29) is 45.0 Å². The molecule has 188 valence electrons. The van der Waals surface area contributed by atoms with Crippen LogP contribution < -0.4 is 10.6 Å². The number of benzene rings is 1. The van der Waals surface area contributed by atoms with E-state index in [9.17, 15) is 39.2 Å². The van der Waals surface area contributed by atoms with Gasteiger partial charge in [-0.1, -0.05) is 0 Å². The third kappa shape index (κ3) is 3.51. The van der Waals surface area contributed by atoms with E-state index in [2.05, 4.69) is 0 Å². The summed E-state index contributed by atoms with van der Waals surface area (Å²) in [6, 6.07) is -0.0409. The molecule has 1 fully saturated rings. The van der Waals surface area contributed by atoms with Crippen molar-refractivity contribution in [2.45, 2.75) is 24.5 Å². The largest absolute Gasteiger partial charge is 0.508 e. The fourth-order valence-electron chi connectivity index (χ4n) is 5.66. The molecule has 4 atom stereocenters. The van der Waals surface area contributed by atoms with E-state index in [0.717, 1.165) is 6.07 Å². The van der Waals surface area contributed by atoms with E-state index in [4.69, 9.17) is 5.73 Å². The number of hydrogen-bond acceptors (Lipinski definition) is 9. The first-order chi connectivity index (χ1) is 15.7. The topological polar surface area (TPSA) is 165 Å². The number of nitrogens with zero attached hydrogens (tertiary/aromatic N) is 2. The normalized spacial score (nSPS) is 27.8. The van der Waals surface area contributed by atoms with E-state index in [1.807, 2.05) is 0 Å². The zero-order chi connectivity index (χ0) is 25.4. The predicted octanol–water partition coefficient (Wildman–Crippen LogP) is 0.167. The van der Waals surface area contributed by atoms with Crippen LogP contribution in [0.4, 0.5) is 10.1 Å². The van der Waals surface area contributed by atoms with Gasteiger partial charge in [0.2, 0.25) is 5.78 Å². The monoisotopic (exact) mass is 659 g/mol. The number of rotatable bonds is 3. The molecule has 1 aromatic rings. The molecular weight excluding hydrogens is 633 g/mol. The number of likely N-dealkylation sites (N-methyl/N-ethyl adjacent to an activating group) is 1. The molecule has 1 saturated carbocycles. The van der Waals surface area contributed by atoms with Crippen molar-refractivity contribution in [3.8, 4) is 5.75 Å². The molecule has 0 heterocycles. The zero-order valence-corrected chi connectivity index (χ0v) is 22.4. The van der Waals surface area contributed by atoms with Gasteiger partial charge in [0.1, 0.15) is 17.1 Å². The van der Waals surface area contributed by atoms with Crippen molar-refractivity contribution in [2.24, 2.45) is 17.6 Å². The van der Waals surface area contributed by atoms with Gasteiger partial charge in [0, 0.05) is 58.4 Å². The van der Waals surface area contributed by atoms with Gasteiger partial charge in [-0.2, -0.15) is 0 Å². The molecule has 1 aromatic carbocycles. The van der Waals surface area contributed by atoms with E-state index in [0.29, 0.717) is 11.3 Å². The second-order valence-electron chi connectivity index (χ2n) is 9.44. The number of carbonyl (C=O) groups is 3. The van der Waals surface area contributed by atoms with Gasteiger partial charge in [0.25, 0.3) is 5.91 Å². The third-order valence-electron chi connectivity index (χ3n) is 7.13. The number of phenolic OH excluding ortho intramolecular Hbond substituents is 1. The number of aliphatic hydroxyl groups excluding tert-OH is 2. The zero-order valence-electron chi connectivity index (χ0n) is 19.5. The van der Waals surface area contributed by atoms with Crippen molar-refractivity contribution in [3.05, 3.63) is 39.9 Å². The minimum atomic E-state index is -2.72. The second-order valence-corrected chi connectivity index (χ2v) is 9.44. The van der Waals surface area contributed by atoms with Gasteiger partial charge in [-0.3, -0.25) is 19.3 Å². The molecule has 4 rings (SSSR count). The fraction of sp³-hybridized carbons (Fsp3) is 0.435. The van der Waals surface area contributed by atoms with E-state index in [1.165, 1.54) is 19.0 Å². The number of aromatic hydroxyl groups is 1. The average Bonchev–Trinajstić information content (AvgIpc) is 2.72. The van der Waals surface area contributed by atoms with Crippen molar-refractivity contribution >= 4 is 28.9 Å². The SMILES string of the molecule is CN(C)c1cc(F)c(O)c2c1C[C@H]1C[C@H]3C(N(C)C)C(=O)C(C(N)=O)=C(O)[C@@]3(O)C(=O)C1=C2O.[W]. The number of amides is 1. The minimum absolute atomic E-state index is 0. The molecule has 35 heavy (non-hydrogen) atoms. The first-order valence-corrected chi connectivity index (χ1v) is 10.6. The quantitative estimate of drug-likeness (QED) is 0.285. The standard InChI is InChI=1S/C23H26FN3O7.W/c1-26(2)12-7-11(24)17(28)14-9(12)5-8-6-10-16(27(3)4)19(30)15(22(25)33)21(32)23(10,34)20(31)13(8)18(14)29;/h7-8,10,16,28-29,32,34H,5-6H2,1-4H3,(H2,25,33);/t8-,10-,16?,23-;/m0./s1. The molecule has 0 saturated heterocycles. The van der Waals surface area contributed by atoms with Crippen LogP contribution in [0, 0.1) is 17.7 Å². The summed E-state index contributed by atoms with van der Waals surface area (Å²) in [5.74, 6) is -8.90. The van der Waals surface area contributed by atoms with E-state index >= 15 is 0 Å². The summed E-state index contributed by atoms with van der Waals surface area (Å²) in [4.78, 5) is 41.7. The van der Waals surface area contributed by atoms with Crippen molar-refractivity contribution < 1.29 is 60.3 Å². The molecule has 0 radical (unpaired) electrons. The third-order valence-corrected chi connectivity index (χ3v) is 7.13. The Balaban J connectivity index is 0.00000342. The predicted molar refractivity (Wildman–Crippen MR) is 119 cm³/mol. The Morgan fingerprint density at radius 3 is 2.29 bits per heavy atom. The maximum absolute atomic E-state index is 14.5. The Morgan fingerprint density at radius 1 is 1.17 bits per heavy atom. The van der Waals surface area contributed by atoms with Crippen LogP contribution in [-0.4, -0.2) is 82.6 Å². The minimum Gasteiger partial charge on any atom is -0.508 e. The summed E-state index contributed by atoms with van der Waals surface area (Å²) in [7, 11) is 6.36. The molecule has 6 N–H and O–H groups in total. The molecule has 0 spiro atoms. The molecule has 3 aliphatic carbocycles. The van der Waals surface area contributed by atoms with Gasteiger partial charge in [-0.15, -0.1) is 0 Å². The molecule has 1 amide bonds. The number of carbonyl (C=O) groups excluding carboxylic acids is 3. The van der Waals surface area contributed by atoms with Crippen LogP contribution >= 0.6 is 0 Å². The molecular formula is C23H26FN3O7W. The van der Waals surface area contributed by atoms with Gasteiger partial charge in [-0.25, -0.2) is 4.39 Å². The number of ketones is 2. The number of halogens is 1. The Bertz CT molecular complexity index is 1230. The van der Waals surface area contributed by atoms with Gasteiger partial charge in [-0.05, 0) is 38.4 Å². The number of nitrogens with two attached hydrogens (primary N) is 1. The van der Waals surface area contributed by atoms with Crippen LogP contribution in [0.15, 0.2) is 23.0 Å². The summed E-state index contributed by atoms with van der Waals surface area (Å²) in [5.41, 5.74) is 1.85.